The van der Waals surface area contributed by atoms with Gasteiger partial charge in [-0.1, -0.05) is 42.5 Å². The smallest absolute Gasteiger partial charge is 0.347 e. The van der Waals surface area contributed by atoms with Crippen molar-refractivity contribution >= 4 is 17.0 Å². The molecule has 2 heterocycles. The topological polar surface area (TPSA) is 39.4 Å². The summed E-state index contributed by atoms with van der Waals surface area (Å²) < 4.78 is 11.4. The lowest BCUT2D eigenvalue weighted by Gasteiger charge is -2.22. The highest BCUT2D eigenvalue weighted by atomic mass is 16.5. The van der Waals surface area contributed by atoms with Crippen molar-refractivity contribution in [3.63, 3.8) is 0 Å². The standard InChI is InChI=1S/C18H12O3/c19-18-14-10-11-15(12-6-2-1-3-7-12)20-17(14)13-8-4-5-9-16(13)21-18/h1-11,15H. The van der Waals surface area contributed by atoms with E-state index < -0.39 is 0 Å². The van der Waals surface area contributed by atoms with E-state index in [9.17, 15) is 4.79 Å². The second kappa shape index (κ2) is 4.63. The molecule has 1 unspecified atom stereocenters. The van der Waals surface area contributed by atoms with Gasteiger partial charge in [0.05, 0.1) is 5.39 Å². The van der Waals surface area contributed by atoms with Crippen LogP contribution in [0.1, 0.15) is 17.2 Å². The van der Waals surface area contributed by atoms with Crippen LogP contribution in [0.15, 0.2) is 69.9 Å². The van der Waals surface area contributed by atoms with Gasteiger partial charge in [-0.3, -0.25) is 0 Å². The molecule has 0 radical (unpaired) electrons. The minimum Gasteiger partial charge on any atom is -0.480 e. The molecule has 0 saturated heterocycles. The van der Waals surface area contributed by atoms with Gasteiger partial charge < -0.3 is 9.15 Å². The van der Waals surface area contributed by atoms with Crippen LogP contribution in [0, 0.1) is 0 Å². The second-order valence-corrected chi connectivity index (χ2v) is 4.94. The molecule has 0 amide bonds. The first-order valence-corrected chi connectivity index (χ1v) is 6.78. The third kappa shape index (κ3) is 1.94. The van der Waals surface area contributed by atoms with Crippen molar-refractivity contribution in [3.05, 3.63) is 82.2 Å². The Labute approximate surface area is 121 Å². The lowest BCUT2D eigenvalue weighted by molar-refractivity contribution is 0.253. The van der Waals surface area contributed by atoms with E-state index in [0.29, 0.717) is 16.9 Å². The Bertz CT molecular complexity index is 891. The molecule has 0 spiro atoms. The zero-order chi connectivity index (χ0) is 14.2. The molecule has 3 aromatic rings. The molecule has 1 atom stereocenters. The molecule has 21 heavy (non-hydrogen) atoms. The monoisotopic (exact) mass is 276 g/mol. The zero-order valence-electron chi connectivity index (χ0n) is 11.2. The van der Waals surface area contributed by atoms with Crippen LogP contribution in [0.25, 0.3) is 17.0 Å². The molecule has 1 aromatic heterocycles. The zero-order valence-corrected chi connectivity index (χ0v) is 11.2. The molecule has 1 aliphatic heterocycles. The van der Waals surface area contributed by atoms with Crippen molar-refractivity contribution in [2.75, 3.05) is 0 Å². The van der Waals surface area contributed by atoms with Crippen molar-refractivity contribution in [1.82, 2.24) is 0 Å². The number of rotatable bonds is 1. The Morgan fingerprint density at radius 1 is 0.905 bits per heavy atom. The number of fused-ring (bicyclic) bond motifs is 3. The van der Waals surface area contributed by atoms with Gasteiger partial charge in [-0.2, -0.15) is 0 Å². The van der Waals surface area contributed by atoms with Gasteiger partial charge >= 0.3 is 5.63 Å². The van der Waals surface area contributed by atoms with E-state index in [4.69, 9.17) is 9.15 Å². The molecule has 3 heteroatoms. The normalized spacial score (nSPS) is 16.5. The van der Waals surface area contributed by atoms with Gasteiger partial charge in [0.15, 0.2) is 0 Å². The van der Waals surface area contributed by atoms with Crippen LogP contribution in [0.4, 0.5) is 0 Å². The number of ether oxygens (including phenoxy) is 1. The Balaban J connectivity index is 1.90. The average molecular weight is 276 g/mol. The molecular weight excluding hydrogens is 264 g/mol. The minimum atomic E-state index is -0.369. The summed E-state index contributed by atoms with van der Waals surface area (Å²) in [6.45, 7) is 0. The third-order valence-corrected chi connectivity index (χ3v) is 3.61. The fraction of sp³-hybridized carbons (Fsp3) is 0.0556. The molecule has 4 rings (SSSR count). The second-order valence-electron chi connectivity index (χ2n) is 4.94. The lowest BCUT2D eigenvalue weighted by atomic mass is 10.0. The van der Waals surface area contributed by atoms with Gasteiger partial charge in [-0.15, -0.1) is 0 Å². The Morgan fingerprint density at radius 2 is 1.67 bits per heavy atom. The molecule has 0 saturated carbocycles. The molecule has 0 aliphatic carbocycles. The Morgan fingerprint density at radius 3 is 2.52 bits per heavy atom. The summed E-state index contributed by atoms with van der Waals surface area (Å²) >= 11 is 0. The minimum absolute atomic E-state index is 0.191. The fourth-order valence-electron chi connectivity index (χ4n) is 2.58. The van der Waals surface area contributed by atoms with Crippen LogP contribution in [0.3, 0.4) is 0 Å². The van der Waals surface area contributed by atoms with Crippen LogP contribution >= 0.6 is 0 Å². The van der Waals surface area contributed by atoms with Crippen molar-refractivity contribution < 1.29 is 9.15 Å². The highest BCUT2D eigenvalue weighted by Gasteiger charge is 2.22. The summed E-state index contributed by atoms with van der Waals surface area (Å²) in [5.41, 5.74) is 1.70. The van der Waals surface area contributed by atoms with Crippen LogP contribution < -0.4 is 10.4 Å². The van der Waals surface area contributed by atoms with Gasteiger partial charge in [-0.05, 0) is 29.8 Å². The quantitative estimate of drug-likeness (QED) is 0.632. The van der Waals surface area contributed by atoms with E-state index in [1.807, 2.05) is 54.6 Å². The van der Waals surface area contributed by atoms with Gasteiger partial charge in [-0.25, -0.2) is 4.79 Å². The summed E-state index contributed by atoms with van der Waals surface area (Å²) in [6, 6.07) is 17.3. The maximum absolute atomic E-state index is 12.0. The van der Waals surface area contributed by atoms with Crippen molar-refractivity contribution in [2.24, 2.45) is 0 Å². The van der Waals surface area contributed by atoms with E-state index in [0.717, 1.165) is 10.9 Å². The number of hydrogen-bond donors (Lipinski definition) is 0. The first-order chi connectivity index (χ1) is 10.3. The van der Waals surface area contributed by atoms with Crippen LogP contribution in [-0.2, 0) is 0 Å². The summed E-state index contributed by atoms with van der Waals surface area (Å²) in [5.74, 6) is 0.596. The van der Waals surface area contributed by atoms with E-state index in [2.05, 4.69) is 0 Å². The van der Waals surface area contributed by atoms with E-state index in [1.165, 1.54) is 0 Å². The maximum Gasteiger partial charge on any atom is 0.347 e. The molecule has 3 nitrogen and oxygen atoms in total. The van der Waals surface area contributed by atoms with Crippen molar-refractivity contribution in [2.45, 2.75) is 6.10 Å². The third-order valence-electron chi connectivity index (χ3n) is 3.61. The maximum atomic E-state index is 12.0. The van der Waals surface area contributed by atoms with Gasteiger partial charge in [0.1, 0.15) is 23.0 Å². The Hall–Kier alpha value is -2.81. The molecule has 102 valence electrons. The molecule has 0 fully saturated rings. The first kappa shape index (κ1) is 12.0. The van der Waals surface area contributed by atoms with E-state index in [-0.39, 0.29) is 11.7 Å². The SMILES string of the molecule is O=c1oc2ccccc2c2c1C=CC(c1ccccc1)O2. The number of para-hydroxylation sites is 1. The highest BCUT2D eigenvalue weighted by molar-refractivity contribution is 5.87. The van der Waals surface area contributed by atoms with Gasteiger partial charge in [0, 0.05) is 0 Å². The Kier molecular flexibility index (Phi) is 2.64. The van der Waals surface area contributed by atoms with E-state index in [1.54, 1.807) is 12.1 Å². The molecule has 2 aromatic carbocycles. The average Bonchev–Trinajstić information content (AvgIpc) is 2.55. The van der Waals surface area contributed by atoms with Crippen molar-refractivity contribution in [1.29, 1.82) is 0 Å². The van der Waals surface area contributed by atoms with Crippen molar-refractivity contribution in [3.8, 4) is 5.75 Å². The van der Waals surface area contributed by atoms with Crippen LogP contribution in [0.5, 0.6) is 5.75 Å². The summed E-state index contributed by atoms with van der Waals surface area (Å²) in [7, 11) is 0. The highest BCUT2D eigenvalue weighted by Crippen LogP contribution is 2.36. The fourth-order valence-corrected chi connectivity index (χ4v) is 2.58. The summed E-state index contributed by atoms with van der Waals surface area (Å²) in [5, 5.41) is 0.817. The predicted octanol–water partition coefficient (Wildman–Crippen LogP) is 3.94. The van der Waals surface area contributed by atoms with Gasteiger partial charge in [0.2, 0.25) is 0 Å². The number of benzene rings is 2. The molecule has 0 N–H and O–H groups in total. The summed E-state index contributed by atoms with van der Waals surface area (Å²) in [6.07, 6.45) is 3.47. The lowest BCUT2D eigenvalue weighted by Crippen LogP contribution is -2.14. The van der Waals surface area contributed by atoms with Gasteiger partial charge in [0.25, 0.3) is 0 Å². The largest absolute Gasteiger partial charge is 0.480 e. The van der Waals surface area contributed by atoms with E-state index >= 15 is 0 Å². The first-order valence-electron chi connectivity index (χ1n) is 6.78. The molecule has 1 aliphatic rings. The van der Waals surface area contributed by atoms with Crippen LogP contribution in [-0.4, -0.2) is 0 Å². The number of hydrogen-bond acceptors (Lipinski definition) is 3. The molecule has 0 bridgehead atoms. The summed E-state index contributed by atoms with van der Waals surface area (Å²) in [4.78, 5) is 12.0. The van der Waals surface area contributed by atoms with Crippen LogP contribution in [0.2, 0.25) is 0 Å². The molecular formula is C18H12O3. The predicted molar refractivity (Wildman–Crippen MR) is 81.3 cm³/mol.